The maximum Gasteiger partial charge on any atom is 0.256 e. The summed E-state index contributed by atoms with van der Waals surface area (Å²) < 4.78 is 13.6. The molecule has 0 saturated heterocycles. The van der Waals surface area contributed by atoms with Gasteiger partial charge in [0.2, 0.25) is 0 Å². The molecule has 0 aliphatic carbocycles. The van der Waals surface area contributed by atoms with E-state index >= 15 is 0 Å². The SMILES string of the molecule is Cc1ccccc1C(=O)Nc1cc(Cl)c(O)cc1F. The fraction of sp³-hybridized carbons (Fsp3) is 0.0714. The van der Waals surface area contributed by atoms with Gasteiger partial charge in [-0.25, -0.2) is 4.39 Å². The van der Waals surface area contributed by atoms with Crippen molar-refractivity contribution in [3.63, 3.8) is 0 Å². The lowest BCUT2D eigenvalue weighted by atomic mass is 10.1. The quantitative estimate of drug-likeness (QED) is 0.823. The standard InChI is InChI=1S/C14H11ClFNO2/c1-8-4-2-3-5-9(8)14(19)17-12-6-10(15)13(18)7-11(12)16/h2-7,18H,1H3,(H,17,19). The summed E-state index contributed by atoms with van der Waals surface area (Å²) in [6.45, 7) is 1.79. The zero-order valence-corrected chi connectivity index (χ0v) is 10.8. The van der Waals surface area contributed by atoms with Gasteiger partial charge in [0.15, 0.2) is 5.82 Å². The number of hydrogen-bond acceptors (Lipinski definition) is 2. The van der Waals surface area contributed by atoms with Gasteiger partial charge in [0.05, 0.1) is 10.7 Å². The van der Waals surface area contributed by atoms with Gasteiger partial charge in [-0.2, -0.15) is 0 Å². The fourth-order valence-electron chi connectivity index (χ4n) is 1.65. The van der Waals surface area contributed by atoms with Crippen molar-refractivity contribution < 1.29 is 14.3 Å². The van der Waals surface area contributed by atoms with Crippen molar-refractivity contribution in [3.8, 4) is 5.75 Å². The second-order valence-electron chi connectivity index (χ2n) is 4.05. The second kappa shape index (κ2) is 5.28. The third-order valence-corrected chi connectivity index (χ3v) is 2.98. The molecule has 3 nitrogen and oxygen atoms in total. The molecule has 0 aromatic heterocycles. The van der Waals surface area contributed by atoms with Crippen LogP contribution in [0.2, 0.25) is 5.02 Å². The van der Waals surface area contributed by atoms with Crippen molar-refractivity contribution in [2.75, 3.05) is 5.32 Å². The number of nitrogens with one attached hydrogen (secondary N) is 1. The predicted octanol–water partition coefficient (Wildman–Crippen LogP) is 3.75. The number of anilines is 1. The Kier molecular flexibility index (Phi) is 3.71. The zero-order chi connectivity index (χ0) is 14.0. The van der Waals surface area contributed by atoms with Crippen molar-refractivity contribution in [2.24, 2.45) is 0 Å². The van der Waals surface area contributed by atoms with Crippen LogP contribution in [0.5, 0.6) is 5.75 Å². The molecule has 2 N–H and O–H groups in total. The third-order valence-electron chi connectivity index (χ3n) is 2.67. The monoisotopic (exact) mass is 279 g/mol. The lowest BCUT2D eigenvalue weighted by Gasteiger charge is -2.09. The number of aromatic hydroxyl groups is 1. The summed E-state index contributed by atoms with van der Waals surface area (Å²) in [5.74, 6) is -1.55. The maximum atomic E-state index is 13.6. The van der Waals surface area contributed by atoms with Gasteiger partial charge in [0.25, 0.3) is 5.91 Å². The largest absolute Gasteiger partial charge is 0.506 e. The van der Waals surface area contributed by atoms with E-state index < -0.39 is 11.7 Å². The van der Waals surface area contributed by atoms with Crippen molar-refractivity contribution in [2.45, 2.75) is 6.92 Å². The highest BCUT2D eigenvalue weighted by Gasteiger charge is 2.13. The molecule has 19 heavy (non-hydrogen) atoms. The van der Waals surface area contributed by atoms with Crippen LogP contribution in [0.15, 0.2) is 36.4 Å². The normalized spacial score (nSPS) is 10.3. The van der Waals surface area contributed by atoms with Gasteiger partial charge in [-0.05, 0) is 24.6 Å². The van der Waals surface area contributed by atoms with Gasteiger partial charge >= 0.3 is 0 Å². The highest BCUT2D eigenvalue weighted by Crippen LogP contribution is 2.29. The third kappa shape index (κ3) is 2.85. The van der Waals surface area contributed by atoms with Crippen molar-refractivity contribution in [1.82, 2.24) is 0 Å². The summed E-state index contributed by atoms with van der Waals surface area (Å²) in [6, 6.07) is 8.99. The van der Waals surface area contributed by atoms with Gasteiger partial charge in [0.1, 0.15) is 5.75 Å². The topological polar surface area (TPSA) is 49.3 Å². The van der Waals surface area contributed by atoms with Gasteiger partial charge < -0.3 is 10.4 Å². The zero-order valence-electron chi connectivity index (χ0n) is 10.1. The van der Waals surface area contributed by atoms with E-state index in [2.05, 4.69) is 5.32 Å². The number of rotatable bonds is 2. The molecule has 0 heterocycles. The molecule has 0 bridgehead atoms. The van der Waals surface area contributed by atoms with Crippen LogP contribution in [0.4, 0.5) is 10.1 Å². The van der Waals surface area contributed by atoms with E-state index in [1.165, 1.54) is 6.07 Å². The Morgan fingerprint density at radius 3 is 2.68 bits per heavy atom. The van der Waals surface area contributed by atoms with Crippen LogP contribution >= 0.6 is 11.6 Å². The molecule has 5 heteroatoms. The van der Waals surface area contributed by atoms with Gasteiger partial charge in [-0.15, -0.1) is 0 Å². The molecule has 2 aromatic carbocycles. The summed E-state index contributed by atoms with van der Waals surface area (Å²) >= 11 is 5.68. The molecule has 0 radical (unpaired) electrons. The van der Waals surface area contributed by atoms with Crippen LogP contribution in [-0.2, 0) is 0 Å². The molecular weight excluding hydrogens is 269 g/mol. The Bertz CT molecular complexity index is 643. The summed E-state index contributed by atoms with van der Waals surface area (Å²) in [5, 5.41) is 11.6. The molecule has 0 unspecified atom stereocenters. The molecular formula is C14H11ClFNO2. The van der Waals surface area contributed by atoms with Crippen molar-refractivity contribution >= 4 is 23.2 Å². The molecule has 0 aliphatic rings. The number of amides is 1. The summed E-state index contributed by atoms with van der Waals surface area (Å²) in [7, 11) is 0. The minimum atomic E-state index is -0.746. The van der Waals surface area contributed by atoms with Gasteiger partial charge in [-0.3, -0.25) is 4.79 Å². The lowest BCUT2D eigenvalue weighted by Crippen LogP contribution is -2.14. The molecule has 0 atom stereocenters. The van der Waals surface area contributed by atoms with Crippen LogP contribution in [0, 0.1) is 12.7 Å². The van der Waals surface area contributed by atoms with E-state index in [0.29, 0.717) is 5.56 Å². The average molecular weight is 280 g/mol. The Hall–Kier alpha value is -2.07. The highest BCUT2D eigenvalue weighted by atomic mass is 35.5. The number of carbonyl (C=O) groups excluding carboxylic acids is 1. The fourth-order valence-corrected chi connectivity index (χ4v) is 1.81. The highest BCUT2D eigenvalue weighted by molar-refractivity contribution is 6.32. The number of phenols is 1. The maximum absolute atomic E-state index is 13.6. The smallest absolute Gasteiger partial charge is 0.256 e. The van der Waals surface area contributed by atoms with Gasteiger partial charge in [-0.1, -0.05) is 29.8 Å². The number of benzene rings is 2. The molecule has 0 aliphatic heterocycles. The van der Waals surface area contributed by atoms with Crippen LogP contribution in [0.25, 0.3) is 0 Å². The molecule has 1 amide bonds. The first-order valence-electron chi connectivity index (χ1n) is 5.54. The number of carbonyl (C=O) groups is 1. The Morgan fingerprint density at radius 1 is 1.32 bits per heavy atom. The van der Waals surface area contributed by atoms with Crippen molar-refractivity contribution in [1.29, 1.82) is 0 Å². The Balaban J connectivity index is 2.30. The molecule has 2 aromatic rings. The molecule has 0 fully saturated rings. The minimum absolute atomic E-state index is 0.0264. The van der Waals surface area contributed by atoms with E-state index in [1.54, 1.807) is 25.1 Å². The Labute approximate surface area is 114 Å². The van der Waals surface area contributed by atoms with Crippen LogP contribution < -0.4 is 5.32 Å². The van der Waals surface area contributed by atoms with E-state index in [0.717, 1.165) is 11.6 Å². The van der Waals surface area contributed by atoms with E-state index in [4.69, 9.17) is 11.6 Å². The molecule has 0 spiro atoms. The summed E-state index contributed by atoms with van der Waals surface area (Å²) in [5.41, 5.74) is 1.16. The van der Waals surface area contributed by atoms with E-state index in [1.807, 2.05) is 6.07 Å². The Morgan fingerprint density at radius 2 is 2.00 bits per heavy atom. The van der Waals surface area contributed by atoms with E-state index in [-0.39, 0.29) is 16.5 Å². The first kappa shape index (κ1) is 13.4. The molecule has 0 saturated carbocycles. The number of hydrogen-bond donors (Lipinski definition) is 2. The predicted molar refractivity (Wildman–Crippen MR) is 72.2 cm³/mol. The van der Waals surface area contributed by atoms with Crippen LogP contribution in [0.1, 0.15) is 15.9 Å². The number of phenolic OH excluding ortho intramolecular Hbond substituents is 1. The molecule has 98 valence electrons. The molecule has 2 rings (SSSR count). The average Bonchev–Trinajstić information content (AvgIpc) is 2.36. The van der Waals surface area contributed by atoms with Gasteiger partial charge in [0, 0.05) is 11.6 Å². The van der Waals surface area contributed by atoms with Crippen molar-refractivity contribution in [3.05, 3.63) is 58.4 Å². The summed E-state index contributed by atoms with van der Waals surface area (Å²) in [6.07, 6.45) is 0. The summed E-state index contributed by atoms with van der Waals surface area (Å²) in [4.78, 5) is 12.0. The lowest BCUT2D eigenvalue weighted by molar-refractivity contribution is 0.102. The number of halogens is 2. The van der Waals surface area contributed by atoms with E-state index in [9.17, 15) is 14.3 Å². The first-order chi connectivity index (χ1) is 8.99. The first-order valence-corrected chi connectivity index (χ1v) is 5.92. The van der Waals surface area contributed by atoms with Crippen LogP contribution in [-0.4, -0.2) is 11.0 Å². The minimum Gasteiger partial charge on any atom is -0.506 e. The van der Waals surface area contributed by atoms with Crippen LogP contribution in [0.3, 0.4) is 0 Å². The second-order valence-corrected chi connectivity index (χ2v) is 4.46. The number of aryl methyl sites for hydroxylation is 1.